The predicted octanol–water partition coefficient (Wildman–Crippen LogP) is 4.17. The molecule has 106 valence electrons. The van der Waals surface area contributed by atoms with Gasteiger partial charge in [0.25, 0.3) is 5.91 Å². The fourth-order valence-corrected chi connectivity index (χ4v) is 3.11. The Labute approximate surface area is 129 Å². The van der Waals surface area contributed by atoms with Crippen LogP contribution in [0.15, 0.2) is 34.1 Å². The molecule has 6 heteroatoms. The van der Waals surface area contributed by atoms with Crippen molar-refractivity contribution in [1.29, 1.82) is 0 Å². The van der Waals surface area contributed by atoms with Crippen molar-refractivity contribution < 1.29 is 14.3 Å². The number of rotatable bonds is 5. The number of hydrogen-bond acceptors (Lipinski definition) is 4. The smallest absolute Gasteiger partial charge is 0.266 e. The number of amides is 1. The molecule has 0 atom stereocenters. The standard InChI is InChI=1S/C14H14BrNO3S/c1-3-19-11-5-4-9(8-12(11)18-2)16-14(17)13-10(15)6-7-20-13/h4-8H,3H2,1-2H3,(H,16,17). The van der Waals surface area contributed by atoms with Crippen LogP contribution in [0.1, 0.15) is 16.6 Å². The van der Waals surface area contributed by atoms with Crippen LogP contribution in [0.2, 0.25) is 0 Å². The molecule has 4 nitrogen and oxygen atoms in total. The Kier molecular flexibility index (Phi) is 5.03. The van der Waals surface area contributed by atoms with Crippen molar-refractivity contribution in [2.75, 3.05) is 19.0 Å². The van der Waals surface area contributed by atoms with Crippen LogP contribution in [0.25, 0.3) is 0 Å². The molecule has 0 saturated heterocycles. The van der Waals surface area contributed by atoms with Gasteiger partial charge in [0.1, 0.15) is 4.88 Å². The summed E-state index contributed by atoms with van der Waals surface area (Å²) in [5.74, 6) is 1.10. The zero-order valence-corrected chi connectivity index (χ0v) is 13.5. The highest BCUT2D eigenvalue weighted by Gasteiger charge is 2.13. The lowest BCUT2D eigenvalue weighted by molar-refractivity contribution is 0.103. The first-order valence-corrected chi connectivity index (χ1v) is 7.68. The molecule has 2 aromatic rings. The van der Waals surface area contributed by atoms with Crippen LogP contribution in [0.5, 0.6) is 11.5 Å². The molecule has 1 amide bonds. The summed E-state index contributed by atoms with van der Waals surface area (Å²) in [7, 11) is 1.57. The molecule has 0 unspecified atom stereocenters. The molecule has 0 aliphatic carbocycles. The molecule has 1 heterocycles. The van der Waals surface area contributed by atoms with E-state index in [1.807, 2.05) is 18.4 Å². The van der Waals surface area contributed by atoms with E-state index >= 15 is 0 Å². The zero-order valence-electron chi connectivity index (χ0n) is 11.1. The van der Waals surface area contributed by atoms with Gasteiger partial charge in [0, 0.05) is 16.2 Å². The number of benzene rings is 1. The Bertz CT molecular complexity index is 612. The van der Waals surface area contributed by atoms with E-state index < -0.39 is 0 Å². The molecule has 20 heavy (non-hydrogen) atoms. The van der Waals surface area contributed by atoms with Crippen LogP contribution in [0.3, 0.4) is 0 Å². The van der Waals surface area contributed by atoms with E-state index in [9.17, 15) is 4.79 Å². The molecule has 0 fully saturated rings. The highest BCUT2D eigenvalue weighted by molar-refractivity contribution is 9.10. The highest BCUT2D eigenvalue weighted by Crippen LogP contribution is 2.31. The van der Waals surface area contributed by atoms with Gasteiger partial charge in [-0.25, -0.2) is 0 Å². The summed E-state index contributed by atoms with van der Waals surface area (Å²) in [4.78, 5) is 12.7. The van der Waals surface area contributed by atoms with Gasteiger partial charge >= 0.3 is 0 Å². The number of methoxy groups -OCH3 is 1. The molecular formula is C14H14BrNO3S. The number of ether oxygens (including phenoxy) is 2. The number of hydrogen-bond donors (Lipinski definition) is 1. The summed E-state index contributed by atoms with van der Waals surface area (Å²) in [6, 6.07) is 7.15. The van der Waals surface area contributed by atoms with Crippen molar-refractivity contribution in [3.63, 3.8) is 0 Å². The maximum atomic E-state index is 12.1. The van der Waals surface area contributed by atoms with Crippen molar-refractivity contribution in [2.24, 2.45) is 0 Å². The monoisotopic (exact) mass is 355 g/mol. The number of carbonyl (C=O) groups is 1. The predicted molar refractivity (Wildman–Crippen MR) is 84.1 cm³/mol. The van der Waals surface area contributed by atoms with Crippen LogP contribution in [-0.2, 0) is 0 Å². The molecule has 0 bridgehead atoms. The third-order valence-electron chi connectivity index (χ3n) is 2.54. The van der Waals surface area contributed by atoms with E-state index in [4.69, 9.17) is 9.47 Å². The van der Waals surface area contributed by atoms with E-state index in [1.54, 1.807) is 25.3 Å². The number of thiophene rings is 1. The summed E-state index contributed by atoms with van der Waals surface area (Å²) < 4.78 is 11.5. The van der Waals surface area contributed by atoms with Crippen LogP contribution >= 0.6 is 27.3 Å². The first-order chi connectivity index (χ1) is 9.65. The van der Waals surface area contributed by atoms with Crippen molar-refractivity contribution in [3.8, 4) is 11.5 Å². The second kappa shape index (κ2) is 6.76. The van der Waals surface area contributed by atoms with E-state index in [0.717, 1.165) is 4.47 Å². The summed E-state index contributed by atoms with van der Waals surface area (Å²) >= 11 is 4.73. The maximum Gasteiger partial charge on any atom is 0.266 e. The van der Waals surface area contributed by atoms with Crippen LogP contribution in [0, 0.1) is 0 Å². The van der Waals surface area contributed by atoms with Gasteiger partial charge in [0.2, 0.25) is 0 Å². The molecule has 0 aliphatic heterocycles. The molecule has 1 aromatic heterocycles. The van der Waals surface area contributed by atoms with E-state index in [0.29, 0.717) is 28.7 Å². The van der Waals surface area contributed by atoms with Gasteiger partial charge in [-0.3, -0.25) is 4.79 Å². The molecule has 0 radical (unpaired) electrons. The zero-order chi connectivity index (χ0) is 14.5. The summed E-state index contributed by atoms with van der Waals surface area (Å²) in [5.41, 5.74) is 0.663. The van der Waals surface area contributed by atoms with Gasteiger partial charge in [-0.05, 0) is 46.4 Å². The second-order valence-corrected chi connectivity index (χ2v) is 5.62. The fourth-order valence-electron chi connectivity index (χ4n) is 1.66. The van der Waals surface area contributed by atoms with E-state index in [2.05, 4.69) is 21.2 Å². The minimum Gasteiger partial charge on any atom is -0.493 e. The third-order valence-corrected chi connectivity index (χ3v) is 4.38. The third kappa shape index (κ3) is 3.32. The summed E-state index contributed by atoms with van der Waals surface area (Å²) in [6.45, 7) is 2.47. The number of anilines is 1. The van der Waals surface area contributed by atoms with Crippen molar-refractivity contribution in [2.45, 2.75) is 6.92 Å². The molecule has 0 aliphatic rings. The average Bonchev–Trinajstić information content (AvgIpc) is 2.87. The lowest BCUT2D eigenvalue weighted by Crippen LogP contribution is -2.10. The molecule has 1 aromatic carbocycles. The van der Waals surface area contributed by atoms with E-state index in [-0.39, 0.29) is 5.91 Å². The normalized spacial score (nSPS) is 10.2. The quantitative estimate of drug-likeness (QED) is 0.875. The van der Waals surface area contributed by atoms with Gasteiger partial charge in [0.05, 0.1) is 13.7 Å². The Morgan fingerprint density at radius 2 is 2.15 bits per heavy atom. The van der Waals surface area contributed by atoms with E-state index in [1.165, 1.54) is 11.3 Å². The summed E-state index contributed by atoms with van der Waals surface area (Å²) in [5, 5.41) is 4.69. The SMILES string of the molecule is CCOc1ccc(NC(=O)c2sccc2Br)cc1OC. The van der Waals surface area contributed by atoms with Gasteiger partial charge in [-0.15, -0.1) is 11.3 Å². The molecule has 1 N–H and O–H groups in total. The number of nitrogens with one attached hydrogen (secondary N) is 1. The Balaban J connectivity index is 2.18. The van der Waals surface area contributed by atoms with Gasteiger partial charge in [-0.2, -0.15) is 0 Å². The van der Waals surface area contributed by atoms with Crippen molar-refractivity contribution in [3.05, 3.63) is 39.0 Å². The second-order valence-electron chi connectivity index (χ2n) is 3.85. The topological polar surface area (TPSA) is 47.6 Å². The first-order valence-electron chi connectivity index (χ1n) is 6.01. The molecular weight excluding hydrogens is 342 g/mol. The molecule has 2 rings (SSSR count). The van der Waals surface area contributed by atoms with Crippen LogP contribution < -0.4 is 14.8 Å². The Hall–Kier alpha value is -1.53. The molecule has 0 spiro atoms. The minimum atomic E-state index is -0.155. The van der Waals surface area contributed by atoms with Crippen molar-refractivity contribution in [1.82, 2.24) is 0 Å². The lowest BCUT2D eigenvalue weighted by atomic mass is 10.2. The van der Waals surface area contributed by atoms with Crippen LogP contribution in [0.4, 0.5) is 5.69 Å². The first kappa shape index (κ1) is 14.9. The minimum absolute atomic E-state index is 0.155. The Morgan fingerprint density at radius 3 is 2.75 bits per heavy atom. The van der Waals surface area contributed by atoms with Gasteiger partial charge < -0.3 is 14.8 Å². The summed E-state index contributed by atoms with van der Waals surface area (Å²) in [6.07, 6.45) is 0. The largest absolute Gasteiger partial charge is 0.493 e. The lowest BCUT2D eigenvalue weighted by Gasteiger charge is -2.11. The van der Waals surface area contributed by atoms with Gasteiger partial charge in [-0.1, -0.05) is 0 Å². The van der Waals surface area contributed by atoms with Crippen molar-refractivity contribution >= 4 is 38.9 Å². The fraction of sp³-hybridized carbons (Fsp3) is 0.214. The van der Waals surface area contributed by atoms with Gasteiger partial charge in [0.15, 0.2) is 11.5 Å². The Morgan fingerprint density at radius 1 is 1.35 bits per heavy atom. The number of carbonyl (C=O) groups excluding carboxylic acids is 1. The highest BCUT2D eigenvalue weighted by atomic mass is 79.9. The molecule has 0 saturated carbocycles. The number of halogens is 1. The van der Waals surface area contributed by atoms with Crippen LogP contribution in [-0.4, -0.2) is 19.6 Å². The average molecular weight is 356 g/mol. The maximum absolute atomic E-state index is 12.1.